The number of hydrogen-bond acceptors (Lipinski definition) is 6. The lowest BCUT2D eigenvalue weighted by Gasteiger charge is -2.27. The van der Waals surface area contributed by atoms with Crippen LogP contribution >= 0.6 is 11.8 Å². The molecule has 4 N–H and O–H groups in total. The van der Waals surface area contributed by atoms with Crippen molar-refractivity contribution < 1.29 is 14.6 Å². The maximum Gasteiger partial charge on any atom is 0.266 e. The summed E-state index contributed by atoms with van der Waals surface area (Å²) >= 11 is 1.21. The molecule has 0 radical (unpaired) electrons. The lowest BCUT2D eigenvalue weighted by Crippen LogP contribution is -2.23. The number of aromatic nitrogens is 1. The van der Waals surface area contributed by atoms with E-state index in [1.807, 2.05) is 60.7 Å². The second-order valence-corrected chi connectivity index (χ2v) is 10.5. The van der Waals surface area contributed by atoms with Crippen LogP contribution in [0.4, 0.5) is 11.4 Å². The van der Waals surface area contributed by atoms with Crippen molar-refractivity contribution in [2.75, 3.05) is 18.1 Å². The second kappa shape index (κ2) is 11.7. The summed E-state index contributed by atoms with van der Waals surface area (Å²) in [6.45, 7) is 3.32. The summed E-state index contributed by atoms with van der Waals surface area (Å²) in [6, 6.07) is 22.5. The van der Waals surface area contributed by atoms with Gasteiger partial charge in [-0.25, -0.2) is 0 Å². The van der Waals surface area contributed by atoms with Gasteiger partial charge in [0.15, 0.2) is 5.75 Å². The number of unbranched alkanes of at least 4 members (excludes halogenated alkanes) is 1. The molecule has 5 rings (SSSR count). The molecule has 2 heterocycles. The largest absolute Gasteiger partial charge is 0.504 e. The monoisotopic (exact) mass is 541 g/mol. The van der Waals surface area contributed by atoms with Crippen LogP contribution in [-0.4, -0.2) is 29.1 Å². The van der Waals surface area contributed by atoms with Gasteiger partial charge in [0.1, 0.15) is 16.3 Å². The van der Waals surface area contributed by atoms with Crippen molar-refractivity contribution in [3.8, 4) is 22.6 Å². The molecule has 3 aromatic carbocycles. The number of carbonyl (C=O) groups is 1. The maximum absolute atomic E-state index is 13.3. The van der Waals surface area contributed by atoms with Crippen molar-refractivity contribution in [2.24, 2.45) is 5.73 Å². The molecule has 0 bridgehead atoms. The SMILES string of the molecule is CCCCc1[nH]c(=O)c(Sc2ccc(-c3ccccc3C(N)=O)cc2)c(O)c1N1CCCOc2ccccc21. The van der Waals surface area contributed by atoms with E-state index in [0.717, 1.165) is 52.4 Å². The van der Waals surface area contributed by atoms with Crippen LogP contribution in [-0.2, 0) is 6.42 Å². The third-order valence-corrected chi connectivity index (χ3v) is 7.85. The maximum atomic E-state index is 13.3. The van der Waals surface area contributed by atoms with Gasteiger partial charge in [-0.3, -0.25) is 9.59 Å². The van der Waals surface area contributed by atoms with Crippen LogP contribution in [0.25, 0.3) is 11.1 Å². The number of fused-ring (bicyclic) bond motifs is 1. The molecule has 1 aliphatic rings. The number of primary amides is 1. The molecule has 1 aliphatic heterocycles. The van der Waals surface area contributed by atoms with Gasteiger partial charge in [0.05, 0.1) is 12.3 Å². The van der Waals surface area contributed by atoms with Crippen molar-refractivity contribution in [1.29, 1.82) is 0 Å². The molecule has 0 aliphatic carbocycles. The van der Waals surface area contributed by atoms with E-state index in [1.54, 1.807) is 12.1 Å². The van der Waals surface area contributed by atoms with Crippen molar-refractivity contribution in [3.05, 3.63) is 94.4 Å². The second-order valence-electron chi connectivity index (χ2n) is 9.42. The zero-order valence-corrected chi connectivity index (χ0v) is 22.6. The highest BCUT2D eigenvalue weighted by molar-refractivity contribution is 7.99. The van der Waals surface area contributed by atoms with Gasteiger partial charge in [0, 0.05) is 22.7 Å². The smallest absolute Gasteiger partial charge is 0.266 e. The number of aromatic hydroxyl groups is 1. The van der Waals surface area contributed by atoms with Gasteiger partial charge in [0.2, 0.25) is 5.91 Å². The Hall–Kier alpha value is -4.17. The first-order valence-electron chi connectivity index (χ1n) is 13.1. The number of para-hydroxylation sites is 2. The first-order valence-corrected chi connectivity index (χ1v) is 13.9. The molecule has 7 nitrogen and oxygen atoms in total. The van der Waals surface area contributed by atoms with E-state index in [0.29, 0.717) is 30.8 Å². The Bertz CT molecular complexity index is 1550. The summed E-state index contributed by atoms with van der Waals surface area (Å²) in [5, 5.41) is 11.6. The topological polar surface area (TPSA) is 109 Å². The number of carbonyl (C=O) groups excluding carboxylic acids is 1. The summed E-state index contributed by atoms with van der Waals surface area (Å²) in [7, 11) is 0. The Labute approximate surface area is 231 Å². The number of nitrogens with two attached hydrogens (primary N) is 1. The van der Waals surface area contributed by atoms with Crippen molar-refractivity contribution in [2.45, 2.75) is 42.4 Å². The van der Waals surface area contributed by atoms with E-state index in [9.17, 15) is 14.7 Å². The Morgan fingerprint density at radius 1 is 1.08 bits per heavy atom. The van der Waals surface area contributed by atoms with Crippen LogP contribution < -0.4 is 20.9 Å². The minimum atomic E-state index is -0.489. The van der Waals surface area contributed by atoms with E-state index in [2.05, 4.69) is 16.8 Å². The lowest BCUT2D eigenvalue weighted by molar-refractivity contribution is 0.100. The first kappa shape index (κ1) is 26.4. The minimum Gasteiger partial charge on any atom is -0.504 e. The number of hydrogen-bond donors (Lipinski definition) is 3. The number of ether oxygens (including phenoxy) is 1. The molecule has 0 atom stereocenters. The van der Waals surface area contributed by atoms with Gasteiger partial charge >= 0.3 is 0 Å². The molecule has 200 valence electrons. The average Bonchev–Trinajstić information content (AvgIpc) is 3.17. The van der Waals surface area contributed by atoms with Crippen molar-refractivity contribution in [1.82, 2.24) is 4.98 Å². The van der Waals surface area contributed by atoms with Gasteiger partial charge < -0.3 is 25.5 Å². The van der Waals surface area contributed by atoms with E-state index in [-0.39, 0.29) is 16.2 Å². The molecule has 8 heteroatoms. The Morgan fingerprint density at radius 2 is 1.82 bits per heavy atom. The van der Waals surface area contributed by atoms with Gasteiger partial charge in [-0.1, -0.05) is 67.6 Å². The van der Waals surface area contributed by atoms with Crippen LogP contribution in [0, 0.1) is 0 Å². The minimum absolute atomic E-state index is 0.0327. The summed E-state index contributed by atoms with van der Waals surface area (Å²) < 4.78 is 5.95. The molecular formula is C31H31N3O4S. The molecule has 0 unspecified atom stereocenters. The van der Waals surface area contributed by atoms with Crippen molar-refractivity contribution >= 4 is 29.0 Å². The Balaban J connectivity index is 1.54. The average molecular weight is 542 g/mol. The van der Waals surface area contributed by atoms with Gasteiger partial charge in [-0.15, -0.1) is 0 Å². The number of rotatable bonds is 8. The predicted octanol–water partition coefficient (Wildman–Crippen LogP) is 6.26. The fourth-order valence-electron chi connectivity index (χ4n) is 4.86. The van der Waals surface area contributed by atoms with E-state index in [1.165, 1.54) is 11.8 Å². The normalized spacial score (nSPS) is 12.9. The van der Waals surface area contributed by atoms with Gasteiger partial charge in [-0.05, 0) is 60.7 Å². The van der Waals surface area contributed by atoms with Gasteiger partial charge in [0.25, 0.3) is 5.56 Å². The third-order valence-electron chi connectivity index (χ3n) is 6.76. The summed E-state index contributed by atoms with van der Waals surface area (Å²) in [4.78, 5) is 31.3. The quantitative estimate of drug-likeness (QED) is 0.243. The summed E-state index contributed by atoms with van der Waals surface area (Å²) in [5.74, 6) is 0.231. The lowest BCUT2D eigenvalue weighted by atomic mass is 9.99. The van der Waals surface area contributed by atoms with Gasteiger partial charge in [-0.2, -0.15) is 0 Å². The molecule has 39 heavy (non-hydrogen) atoms. The highest BCUT2D eigenvalue weighted by atomic mass is 32.2. The molecular weight excluding hydrogens is 510 g/mol. The zero-order chi connectivity index (χ0) is 27.4. The highest BCUT2D eigenvalue weighted by Crippen LogP contribution is 2.45. The Morgan fingerprint density at radius 3 is 2.59 bits per heavy atom. The fraction of sp³-hybridized carbons (Fsp3) is 0.226. The Kier molecular flexibility index (Phi) is 7.93. The molecule has 1 aromatic heterocycles. The molecule has 1 amide bonds. The van der Waals surface area contributed by atoms with Crippen LogP contribution in [0.2, 0.25) is 0 Å². The van der Waals surface area contributed by atoms with Crippen LogP contribution in [0.5, 0.6) is 11.5 Å². The zero-order valence-electron chi connectivity index (χ0n) is 21.8. The number of benzene rings is 3. The highest BCUT2D eigenvalue weighted by Gasteiger charge is 2.26. The van der Waals surface area contributed by atoms with Crippen LogP contribution in [0.3, 0.4) is 0 Å². The number of amides is 1. The van der Waals surface area contributed by atoms with Crippen LogP contribution in [0.1, 0.15) is 42.2 Å². The molecule has 0 fully saturated rings. The van der Waals surface area contributed by atoms with E-state index >= 15 is 0 Å². The molecule has 0 saturated carbocycles. The molecule has 4 aromatic rings. The number of nitrogens with zero attached hydrogens (tertiary/aromatic N) is 1. The number of aromatic amines is 1. The summed E-state index contributed by atoms with van der Waals surface area (Å²) in [5.41, 5.74) is 9.46. The predicted molar refractivity (Wildman–Crippen MR) is 155 cm³/mol. The van der Waals surface area contributed by atoms with Crippen LogP contribution in [0.15, 0.2) is 87.4 Å². The molecule has 0 spiro atoms. The van der Waals surface area contributed by atoms with E-state index in [4.69, 9.17) is 10.5 Å². The fourth-order valence-corrected chi connectivity index (χ4v) is 5.71. The number of pyridine rings is 1. The van der Waals surface area contributed by atoms with Crippen molar-refractivity contribution in [3.63, 3.8) is 0 Å². The van der Waals surface area contributed by atoms with E-state index < -0.39 is 5.91 Å². The third kappa shape index (κ3) is 5.52. The first-order chi connectivity index (χ1) is 19.0. The molecule has 0 saturated heterocycles. The standard InChI is InChI=1S/C31H31N3O4S/c1-2-3-11-24-27(34-18-8-19-38-26-13-7-6-12-25(26)34)28(35)29(31(37)33-24)39-21-16-14-20(15-17-21)22-9-4-5-10-23(22)30(32)36/h4-7,9-10,12-17H,2-3,8,11,18-19H2,1H3,(H2,32,36)(H2,33,35,37). The number of nitrogens with one attached hydrogen (secondary N) is 1. The summed E-state index contributed by atoms with van der Waals surface area (Å²) in [6.07, 6.45) is 3.27. The number of aryl methyl sites for hydroxylation is 1. The number of anilines is 2. The number of H-pyrrole nitrogens is 1.